The Morgan fingerprint density at radius 1 is 1.30 bits per heavy atom. The Kier molecular flexibility index (Phi) is 4.32. The van der Waals surface area contributed by atoms with Gasteiger partial charge in [0.2, 0.25) is 5.82 Å². The molecule has 0 unspecified atom stereocenters. The maximum Gasteiger partial charge on any atom is 0.451 e. The van der Waals surface area contributed by atoms with Gasteiger partial charge in [-0.15, -0.1) is 0 Å². The molecule has 1 aromatic heterocycles. The van der Waals surface area contributed by atoms with E-state index in [4.69, 9.17) is 5.73 Å². The van der Waals surface area contributed by atoms with E-state index in [9.17, 15) is 13.2 Å². The molecule has 0 bridgehead atoms. The van der Waals surface area contributed by atoms with Crippen molar-refractivity contribution in [3.8, 4) is 0 Å². The Labute approximate surface area is 115 Å². The molecule has 0 aromatic carbocycles. The average Bonchev–Trinajstić information content (AvgIpc) is 2.87. The molecule has 0 aliphatic carbocycles. The lowest BCUT2D eigenvalue weighted by molar-refractivity contribution is -0.144. The van der Waals surface area contributed by atoms with Crippen molar-refractivity contribution in [2.24, 2.45) is 0 Å². The van der Waals surface area contributed by atoms with Crippen LogP contribution in [0.1, 0.15) is 18.7 Å². The van der Waals surface area contributed by atoms with Crippen molar-refractivity contribution in [3.63, 3.8) is 0 Å². The van der Waals surface area contributed by atoms with Crippen LogP contribution in [-0.2, 0) is 6.18 Å². The SMILES string of the molecule is CN(CCN1CCCC1)c1cc(N)nc(C(F)(F)F)n1. The fourth-order valence-corrected chi connectivity index (χ4v) is 2.19. The number of halogens is 3. The van der Waals surface area contributed by atoms with Crippen molar-refractivity contribution in [1.29, 1.82) is 0 Å². The highest BCUT2D eigenvalue weighted by atomic mass is 19.4. The first kappa shape index (κ1) is 14.8. The van der Waals surface area contributed by atoms with Crippen LogP contribution in [-0.4, -0.2) is 48.1 Å². The summed E-state index contributed by atoms with van der Waals surface area (Å²) < 4.78 is 37.9. The topological polar surface area (TPSA) is 58.3 Å². The number of hydrogen-bond donors (Lipinski definition) is 1. The van der Waals surface area contributed by atoms with Gasteiger partial charge in [-0.3, -0.25) is 0 Å². The standard InChI is InChI=1S/C12H18F3N5/c1-19(6-7-20-4-2-3-5-20)10-8-9(16)17-11(18-10)12(13,14)15/h8H,2-7H2,1H3,(H2,16,17,18). The highest BCUT2D eigenvalue weighted by molar-refractivity contribution is 5.46. The maximum atomic E-state index is 12.6. The predicted octanol–water partition coefficient (Wildman–Crippen LogP) is 1.61. The monoisotopic (exact) mass is 289 g/mol. The molecule has 1 aliphatic rings. The van der Waals surface area contributed by atoms with Crippen molar-refractivity contribution in [3.05, 3.63) is 11.9 Å². The van der Waals surface area contributed by atoms with Crippen LogP contribution in [0.5, 0.6) is 0 Å². The molecular weight excluding hydrogens is 271 g/mol. The van der Waals surface area contributed by atoms with E-state index in [1.165, 1.54) is 18.9 Å². The number of aromatic nitrogens is 2. The van der Waals surface area contributed by atoms with Gasteiger partial charge in [0.25, 0.3) is 0 Å². The second-order valence-corrected chi connectivity index (χ2v) is 4.94. The smallest absolute Gasteiger partial charge is 0.384 e. The van der Waals surface area contributed by atoms with E-state index in [2.05, 4.69) is 14.9 Å². The van der Waals surface area contributed by atoms with Gasteiger partial charge in [0, 0.05) is 26.2 Å². The zero-order valence-corrected chi connectivity index (χ0v) is 11.3. The minimum Gasteiger partial charge on any atom is -0.384 e. The van der Waals surface area contributed by atoms with Gasteiger partial charge in [-0.05, 0) is 25.9 Å². The number of likely N-dealkylation sites (tertiary alicyclic amines) is 1. The second kappa shape index (κ2) is 5.82. The summed E-state index contributed by atoms with van der Waals surface area (Å²) in [7, 11) is 1.71. The molecule has 1 aliphatic heterocycles. The average molecular weight is 289 g/mol. The van der Waals surface area contributed by atoms with Gasteiger partial charge in [-0.25, -0.2) is 9.97 Å². The molecule has 2 heterocycles. The van der Waals surface area contributed by atoms with E-state index in [0.717, 1.165) is 19.6 Å². The normalized spacial score (nSPS) is 16.6. The van der Waals surface area contributed by atoms with Crippen molar-refractivity contribution in [2.45, 2.75) is 19.0 Å². The number of likely N-dealkylation sites (N-methyl/N-ethyl adjacent to an activating group) is 1. The Hall–Kier alpha value is -1.57. The van der Waals surface area contributed by atoms with E-state index in [1.54, 1.807) is 11.9 Å². The molecule has 8 heteroatoms. The number of nitrogen functional groups attached to an aromatic ring is 1. The minimum absolute atomic E-state index is 0.171. The lowest BCUT2D eigenvalue weighted by Gasteiger charge is -2.23. The van der Waals surface area contributed by atoms with E-state index in [1.807, 2.05) is 0 Å². The second-order valence-electron chi connectivity index (χ2n) is 4.94. The molecule has 2 rings (SSSR count). The van der Waals surface area contributed by atoms with Crippen molar-refractivity contribution < 1.29 is 13.2 Å². The number of hydrogen-bond acceptors (Lipinski definition) is 5. The van der Waals surface area contributed by atoms with Gasteiger partial charge in [-0.1, -0.05) is 0 Å². The van der Waals surface area contributed by atoms with Gasteiger partial charge < -0.3 is 15.5 Å². The summed E-state index contributed by atoms with van der Waals surface area (Å²) in [4.78, 5) is 10.7. The highest BCUT2D eigenvalue weighted by Gasteiger charge is 2.35. The number of rotatable bonds is 4. The number of alkyl halides is 3. The summed E-state index contributed by atoms with van der Waals surface area (Å²) in [5.74, 6) is -1.17. The fraction of sp³-hybridized carbons (Fsp3) is 0.667. The Morgan fingerprint density at radius 3 is 2.55 bits per heavy atom. The van der Waals surface area contributed by atoms with Crippen LogP contribution in [0.2, 0.25) is 0 Å². The van der Waals surface area contributed by atoms with Gasteiger partial charge >= 0.3 is 6.18 Å². The summed E-state index contributed by atoms with van der Waals surface area (Å²) in [6, 6.07) is 1.36. The summed E-state index contributed by atoms with van der Waals surface area (Å²) in [6.07, 6.45) is -2.22. The van der Waals surface area contributed by atoms with Crippen molar-refractivity contribution in [2.75, 3.05) is 43.9 Å². The van der Waals surface area contributed by atoms with Crippen LogP contribution >= 0.6 is 0 Å². The molecule has 1 fully saturated rings. The number of nitrogens with zero attached hydrogens (tertiary/aromatic N) is 4. The van der Waals surface area contributed by atoms with Gasteiger partial charge in [0.05, 0.1) is 0 Å². The predicted molar refractivity (Wildman–Crippen MR) is 70.4 cm³/mol. The van der Waals surface area contributed by atoms with Gasteiger partial charge in [0.15, 0.2) is 0 Å². The summed E-state index contributed by atoms with van der Waals surface area (Å²) in [5.41, 5.74) is 5.42. The lowest BCUT2D eigenvalue weighted by Crippen LogP contribution is -2.32. The Balaban J connectivity index is 2.04. The number of nitrogens with two attached hydrogens (primary N) is 1. The van der Waals surface area contributed by atoms with Crippen molar-refractivity contribution in [1.82, 2.24) is 14.9 Å². The largest absolute Gasteiger partial charge is 0.451 e. The lowest BCUT2D eigenvalue weighted by atomic mass is 10.4. The molecular formula is C12H18F3N5. The molecule has 1 aromatic rings. The third kappa shape index (κ3) is 3.72. The molecule has 1 saturated heterocycles. The molecule has 0 amide bonds. The molecule has 20 heavy (non-hydrogen) atoms. The van der Waals surface area contributed by atoms with Crippen LogP contribution in [0.25, 0.3) is 0 Å². The number of anilines is 2. The van der Waals surface area contributed by atoms with Crippen LogP contribution < -0.4 is 10.6 Å². The minimum atomic E-state index is -4.58. The summed E-state index contributed by atoms with van der Waals surface area (Å²) in [6.45, 7) is 3.51. The first-order chi connectivity index (χ1) is 9.36. The fourth-order valence-electron chi connectivity index (χ4n) is 2.19. The molecule has 5 nitrogen and oxygen atoms in total. The van der Waals surface area contributed by atoms with Gasteiger partial charge in [0.1, 0.15) is 11.6 Å². The Bertz CT molecular complexity index is 457. The van der Waals surface area contributed by atoms with Crippen LogP contribution in [0.15, 0.2) is 6.07 Å². The first-order valence-corrected chi connectivity index (χ1v) is 6.51. The van der Waals surface area contributed by atoms with Crippen LogP contribution in [0, 0.1) is 0 Å². The summed E-state index contributed by atoms with van der Waals surface area (Å²) in [5, 5.41) is 0. The van der Waals surface area contributed by atoms with E-state index in [-0.39, 0.29) is 11.6 Å². The third-order valence-electron chi connectivity index (χ3n) is 3.33. The summed E-state index contributed by atoms with van der Waals surface area (Å²) >= 11 is 0. The Morgan fingerprint density at radius 2 is 1.95 bits per heavy atom. The molecule has 0 radical (unpaired) electrons. The van der Waals surface area contributed by atoms with E-state index >= 15 is 0 Å². The quantitative estimate of drug-likeness (QED) is 0.912. The highest BCUT2D eigenvalue weighted by Crippen LogP contribution is 2.28. The van der Waals surface area contributed by atoms with Gasteiger partial charge in [-0.2, -0.15) is 13.2 Å². The van der Waals surface area contributed by atoms with E-state index < -0.39 is 12.0 Å². The molecule has 112 valence electrons. The third-order valence-corrected chi connectivity index (χ3v) is 3.33. The molecule has 0 saturated carbocycles. The first-order valence-electron chi connectivity index (χ1n) is 6.51. The van der Waals surface area contributed by atoms with E-state index in [0.29, 0.717) is 6.54 Å². The zero-order valence-electron chi connectivity index (χ0n) is 11.3. The van der Waals surface area contributed by atoms with Crippen LogP contribution in [0.4, 0.5) is 24.8 Å². The molecule has 0 spiro atoms. The van der Waals surface area contributed by atoms with Crippen molar-refractivity contribution >= 4 is 11.6 Å². The zero-order chi connectivity index (χ0) is 14.8. The molecule has 0 atom stereocenters. The molecule has 2 N–H and O–H groups in total. The maximum absolute atomic E-state index is 12.6. The van der Waals surface area contributed by atoms with Crippen LogP contribution in [0.3, 0.4) is 0 Å².